The molecule has 0 spiro atoms. The van der Waals surface area contributed by atoms with Crippen molar-refractivity contribution in [1.82, 2.24) is 5.32 Å². The Hall–Kier alpha value is -0.820. The van der Waals surface area contributed by atoms with E-state index in [1.54, 1.807) is 5.56 Å². The summed E-state index contributed by atoms with van der Waals surface area (Å²) < 4.78 is 0. The molecule has 0 aromatic heterocycles. The Morgan fingerprint density at radius 2 is 1.65 bits per heavy atom. The Balaban J connectivity index is 2.21. The highest BCUT2D eigenvalue weighted by molar-refractivity contribution is 5.34. The van der Waals surface area contributed by atoms with Crippen molar-refractivity contribution in [1.29, 1.82) is 0 Å². The Bertz CT molecular complexity index is 402. The van der Waals surface area contributed by atoms with Crippen molar-refractivity contribution in [3.05, 3.63) is 34.9 Å². The van der Waals surface area contributed by atoms with E-state index in [0.29, 0.717) is 6.04 Å². The fourth-order valence-electron chi connectivity index (χ4n) is 3.83. The number of hydrogen-bond donors (Lipinski definition) is 1. The van der Waals surface area contributed by atoms with Gasteiger partial charge in [-0.05, 0) is 55.3 Å². The van der Waals surface area contributed by atoms with Crippen molar-refractivity contribution < 1.29 is 0 Å². The third kappa shape index (κ3) is 3.63. The summed E-state index contributed by atoms with van der Waals surface area (Å²) in [5.74, 6) is 0.819. The maximum atomic E-state index is 3.60. The molecule has 1 saturated carbocycles. The molecule has 112 valence electrons. The van der Waals surface area contributed by atoms with Gasteiger partial charge in [0.2, 0.25) is 0 Å². The summed E-state index contributed by atoms with van der Waals surface area (Å²) in [6, 6.07) is 7.73. The van der Waals surface area contributed by atoms with Crippen LogP contribution >= 0.6 is 0 Å². The van der Waals surface area contributed by atoms with Gasteiger partial charge >= 0.3 is 0 Å². The van der Waals surface area contributed by atoms with Crippen LogP contribution in [-0.2, 0) is 12.8 Å². The molecule has 0 bridgehead atoms. The van der Waals surface area contributed by atoms with Gasteiger partial charge in [0.1, 0.15) is 0 Å². The number of nitrogens with one attached hydrogen (secondary N) is 1. The van der Waals surface area contributed by atoms with Gasteiger partial charge in [0, 0.05) is 6.04 Å². The van der Waals surface area contributed by atoms with E-state index in [1.807, 2.05) is 0 Å². The molecular weight excluding hydrogens is 242 g/mol. The fourth-order valence-corrected chi connectivity index (χ4v) is 3.83. The molecule has 1 fully saturated rings. The maximum absolute atomic E-state index is 3.60. The first-order valence-electron chi connectivity index (χ1n) is 8.59. The monoisotopic (exact) mass is 273 g/mol. The van der Waals surface area contributed by atoms with E-state index in [1.165, 1.54) is 49.7 Å². The minimum atomic E-state index is 0.546. The Morgan fingerprint density at radius 3 is 2.20 bits per heavy atom. The SMILES string of the molecule is CCc1ccc(C(NC)C2CCCCCC2)cc1CC. The number of rotatable bonds is 5. The zero-order valence-electron chi connectivity index (χ0n) is 13.5. The summed E-state index contributed by atoms with van der Waals surface area (Å²) in [6.07, 6.45) is 10.8. The summed E-state index contributed by atoms with van der Waals surface area (Å²) in [5, 5.41) is 3.60. The summed E-state index contributed by atoms with van der Waals surface area (Å²) in [6.45, 7) is 4.54. The average molecular weight is 273 g/mol. The second-order valence-electron chi connectivity index (χ2n) is 6.25. The van der Waals surface area contributed by atoms with Crippen LogP contribution in [0.1, 0.15) is 75.1 Å². The van der Waals surface area contributed by atoms with Crippen LogP contribution in [0.3, 0.4) is 0 Å². The van der Waals surface area contributed by atoms with Gasteiger partial charge in [-0.3, -0.25) is 0 Å². The lowest BCUT2D eigenvalue weighted by atomic mass is 9.85. The smallest absolute Gasteiger partial charge is 0.0346 e. The van der Waals surface area contributed by atoms with E-state index >= 15 is 0 Å². The molecule has 0 amide bonds. The molecule has 1 N–H and O–H groups in total. The van der Waals surface area contributed by atoms with Crippen LogP contribution in [0.15, 0.2) is 18.2 Å². The molecule has 1 heteroatoms. The molecule has 20 heavy (non-hydrogen) atoms. The van der Waals surface area contributed by atoms with Crippen molar-refractivity contribution in [2.24, 2.45) is 5.92 Å². The summed E-state index contributed by atoms with van der Waals surface area (Å²) in [5.41, 5.74) is 4.57. The van der Waals surface area contributed by atoms with Gasteiger partial charge in [-0.2, -0.15) is 0 Å². The summed E-state index contributed by atoms with van der Waals surface area (Å²) in [4.78, 5) is 0. The lowest BCUT2D eigenvalue weighted by Gasteiger charge is -2.27. The first-order valence-corrected chi connectivity index (χ1v) is 8.59. The van der Waals surface area contributed by atoms with E-state index in [2.05, 4.69) is 44.4 Å². The van der Waals surface area contributed by atoms with Crippen molar-refractivity contribution >= 4 is 0 Å². The first-order chi connectivity index (χ1) is 9.80. The third-order valence-corrected chi connectivity index (χ3v) is 5.03. The molecule has 1 atom stereocenters. The second kappa shape index (κ2) is 7.83. The van der Waals surface area contributed by atoms with Crippen molar-refractivity contribution in [3.63, 3.8) is 0 Å². The molecule has 1 aliphatic carbocycles. The largest absolute Gasteiger partial charge is 0.313 e. The van der Waals surface area contributed by atoms with Crippen LogP contribution in [0.2, 0.25) is 0 Å². The van der Waals surface area contributed by atoms with Crippen molar-refractivity contribution in [2.75, 3.05) is 7.05 Å². The fraction of sp³-hybridized carbons (Fsp3) is 0.684. The molecule has 1 aromatic carbocycles. The summed E-state index contributed by atoms with van der Waals surface area (Å²) >= 11 is 0. The predicted molar refractivity (Wildman–Crippen MR) is 88.2 cm³/mol. The molecule has 1 aromatic rings. The minimum Gasteiger partial charge on any atom is -0.313 e. The van der Waals surface area contributed by atoms with Crippen molar-refractivity contribution in [2.45, 2.75) is 71.3 Å². The number of hydrogen-bond acceptors (Lipinski definition) is 1. The van der Waals surface area contributed by atoms with Gasteiger partial charge in [-0.15, -0.1) is 0 Å². The second-order valence-corrected chi connectivity index (χ2v) is 6.25. The highest BCUT2D eigenvalue weighted by Gasteiger charge is 2.23. The Kier molecular flexibility index (Phi) is 6.09. The molecule has 1 nitrogen and oxygen atoms in total. The van der Waals surface area contributed by atoms with E-state index in [4.69, 9.17) is 0 Å². The van der Waals surface area contributed by atoms with E-state index in [0.717, 1.165) is 18.8 Å². The molecule has 0 saturated heterocycles. The highest BCUT2D eigenvalue weighted by atomic mass is 14.9. The number of benzene rings is 1. The van der Waals surface area contributed by atoms with Gasteiger partial charge in [-0.25, -0.2) is 0 Å². The molecule has 0 aliphatic heterocycles. The molecular formula is C19H31N. The molecule has 0 radical (unpaired) electrons. The van der Waals surface area contributed by atoms with E-state index < -0.39 is 0 Å². The molecule has 2 rings (SSSR count). The highest BCUT2D eigenvalue weighted by Crippen LogP contribution is 2.34. The van der Waals surface area contributed by atoms with Gasteiger partial charge in [0.05, 0.1) is 0 Å². The number of aryl methyl sites for hydroxylation is 2. The Morgan fingerprint density at radius 1 is 1.00 bits per heavy atom. The van der Waals surface area contributed by atoms with Crippen LogP contribution in [0.25, 0.3) is 0 Å². The van der Waals surface area contributed by atoms with Crippen molar-refractivity contribution in [3.8, 4) is 0 Å². The maximum Gasteiger partial charge on any atom is 0.0346 e. The lowest BCUT2D eigenvalue weighted by molar-refractivity contribution is 0.341. The third-order valence-electron chi connectivity index (χ3n) is 5.03. The molecule has 1 unspecified atom stereocenters. The van der Waals surface area contributed by atoms with Crippen LogP contribution in [-0.4, -0.2) is 7.05 Å². The zero-order chi connectivity index (χ0) is 14.4. The van der Waals surface area contributed by atoms with Gasteiger partial charge in [0.15, 0.2) is 0 Å². The van der Waals surface area contributed by atoms with Crippen LogP contribution < -0.4 is 5.32 Å². The average Bonchev–Trinajstić information content (AvgIpc) is 2.77. The van der Waals surface area contributed by atoms with Gasteiger partial charge in [0.25, 0.3) is 0 Å². The van der Waals surface area contributed by atoms with Gasteiger partial charge < -0.3 is 5.32 Å². The molecule has 1 aliphatic rings. The first kappa shape index (κ1) is 15.6. The topological polar surface area (TPSA) is 12.0 Å². The van der Waals surface area contributed by atoms with Crippen LogP contribution in [0, 0.1) is 5.92 Å². The van der Waals surface area contributed by atoms with Crippen LogP contribution in [0.5, 0.6) is 0 Å². The van der Waals surface area contributed by atoms with Gasteiger partial charge in [-0.1, -0.05) is 57.7 Å². The Labute approximate surface area is 125 Å². The standard InChI is InChI=1S/C19H31N/c1-4-15-12-13-18(14-16(15)5-2)19(20-3)17-10-8-6-7-9-11-17/h12-14,17,19-20H,4-11H2,1-3H3. The van der Waals surface area contributed by atoms with Crippen LogP contribution in [0.4, 0.5) is 0 Å². The van der Waals surface area contributed by atoms with E-state index in [-0.39, 0.29) is 0 Å². The summed E-state index contributed by atoms with van der Waals surface area (Å²) in [7, 11) is 2.13. The lowest BCUT2D eigenvalue weighted by Crippen LogP contribution is -2.25. The molecule has 0 heterocycles. The van der Waals surface area contributed by atoms with E-state index in [9.17, 15) is 0 Å². The minimum absolute atomic E-state index is 0.546. The normalized spacial score (nSPS) is 18.8. The zero-order valence-corrected chi connectivity index (χ0v) is 13.5. The quantitative estimate of drug-likeness (QED) is 0.741. The predicted octanol–water partition coefficient (Wildman–Crippen LogP) is 5.04.